The first kappa shape index (κ1) is 16.0. The molecule has 0 aliphatic rings. The summed E-state index contributed by atoms with van der Waals surface area (Å²) >= 11 is 0. The zero-order chi connectivity index (χ0) is 14.8. The highest BCUT2D eigenvalue weighted by Gasteiger charge is 2.24. The first-order valence-electron chi connectivity index (χ1n) is 7.11. The van der Waals surface area contributed by atoms with Crippen LogP contribution >= 0.6 is 0 Å². The molecule has 2 nitrogen and oxygen atoms in total. The molecule has 1 atom stereocenters. The van der Waals surface area contributed by atoms with Crippen molar-refractivity contribution in [1.82, 2.24) is 0 Å². The number of methoxy groups -OCH3 is 1. The monoisotopic (exact) mass is 263 g/mol. The predicted molar refractivity (Wildman–Crippen MR) is 82.8 cm³/mol. The summed E-state index contributed by atoms with van der Waals surface area (Å²) < 4.78 is 5.68. The maximum atomic E-state index is 6.37. The highest BCUT2D eigenvalue weighted by molar-refractivity contribution is 5.49. The van der Waals surface area contributed by atoms with Crippen LogP contribution in [0.15, 0.2) is 12.1 Å². The third-order valence-electron chi connectivity index (χ3n) is 3.40. The number of nitrogens with two attached hydrogens (primary N) is 1. The SMILES string of the molecule is COc1c(C(N)CC(C)C)cc(C)cc1C(C)(C)C. The van der Waals surface area contributed by atoms with Gasteiger partial charge in [-0.2, -0.15) is 0 Å². The van der Waals surface area contributed by atoms with Crippen LogP contribution in [0.25, 0.3) is 0 Å². The van der Waals surface area contributed by atoms with Gasteiger partial charge in [0.05, 0.1) is 7.11 Å². The quantitative estimate of drug-likeness (QED) is 0.876. The summed E-state index contributed by atoms with van der Waals surface area (Å²) in [6.45, 7) is 13.2. The van der Waals surface area contributed by atoms with Gasteiger partial charge in [-0.05, 0) is 24.7 Å². The summed E-state index contributed by atoms with van der Waals surface area (Å²) in [6.07, 6.45) is 0.976. The van der Waals surface area contributed by atoms with Crippen molar-refractivity contribution < 1.29 is 4.74 Å². The molecule has 19 heavy (non-hydrogen) atoms. The van der Waals surface area contributed by atoms with Crippen LogP contribution in [0.4, 0.5) is 0 Å². The van der Waals surface area contributed by atoms with E-state index in [0.29, 0.717) is 5.92 Å². The Morgan fingerprint density at radius 1 is 1.21 bits per heavy atom. The molecule has 0 fully saturated rings. The minimum Gasteiger partial charge on any atom is -0.496 e. The van der Waals surface area contributed by atoms with Crippen molar-refractivity contribution in [3.63, 3.8) is 0 Å². The summed E-state index contributed by atoms with van der Waals surface area (Å²) in [5.74, 6) is 1.55. The average Bonchev–Trinajstić information content (AvgIpc) is 2.25. The lowest BCUT2D eigenvalue weighted by Crippen LogP contribution is -2.19. The van der Waals surface area contributed by atoms with Crippen molar-refractivity contribution >= 4 is 0 Å². The average molecular weight is 263 g/mol. The molecule has 2 N–H and O–H groups in total. The minimum absolute atomic E-state index is 0.0379. The van der Waals surface area contributed by atoms with E-state index in [1.165, 1.54) is 11.1 Å². The van der Waals surface area contributed by atoms with Crippen molar-refractivity contribution in [2.24, 2.45) is 11.7 Å². The molecule has 1 aromatic rings. The fraction of sp³-hybridized carbons (Fsp3) is 0.647. The summed E-state index contributed by atoms with van der Waals surface area (Å²) in [7, 11) is 1.74. The third-order valence-corrected chi connectivity index (χ3v) is 3.40. The Balaban J connectivity index is 3.35. The van der Waals surface area contributed by atoms with Gasteiger partial charge in [-0.25, -0.2) is 0 Å². The lowest BCUT2D eigenvalue weighted by molar-refractivity contribution is 0.383. The highest BCUT2D eigenvalue weighted by atomic mass is 16.5. The van der Waals surface area contributed by atoms with E-state index in [-0.39, 0.29) is 11.5 Å². The molecule has 0 bridgehead atoms. The molecule has 2 heteroatoms. The molecule has 0 radical (unpaired) electrons. The molecular formula is C17H29NO. The highest BCUT2D eigenvalue weighted by Crippen LogP contribution is 2.38. The normalized spacial score (nSPS) is 13.7. The van der Waals surface area contributed by atoms with Gasteiger partial charge in [0.2, 0.25) is 0 Å². The number of benzene rings is 1. The van der Waals surface area contributed by atoms with Gasteiger partial charge in [0.1, 0.15) is 5.75 Å². The molecule has 0 aliphatic heterocycles. The molecule has 0 saturated heterocycles. The Bertz CT molecular complexity index is 430. The Morgan fingerprint density at radius 2 is 1.79 bits per heavy atom. The second kappa shape index (κ2) is 5.96. The molecular weight excluding hydrogens is 234 g/mol. The van der Waals surface area contributed by atoms with E-state index in [1.807, 2.05) is 0 Å². The van der Waals surface area contributed by atoms with Crippen LogP contribution in [0, 0.1) is 12.8 Å². The van der Waals surface area contributed by atoms with Crippen LogP contribution < -0.4 is 10.5 Å². The van der Waals surface area contributed by atoms with E-state index in [2.05, 4.69) is 53.7 Å². The number of aryl methyl sites for hydroxylation is 1. The zero-order valence-corrected chi connectivity index (χ0v) is 13.5. The van der Waals surface area contributed by atoms with Gasteiger partial charge in [-0.3, -0.25) is 0 Å². The predicted octanol–water partition coefficient (Wildman–Crippen LogP) is 4.35. The minimum atomic E-state index is 0.0379. The van der Waals surface area contributed by atoms with E-state index in [9.17, 15) is 0 Å². The molecule has 0 amide bonds. The molecule has 0 heterocycles. The van der Waals surface area contributed by atoms with Gasteiger partial charge in [-0.1, -0.05) is 52.3 Å². The maximum Gasteiger partial charge on any atom is 0.127 e. The van der Waals surface area contributed by atoms with Crippen LogP contribution in [0.3, 0.4) is 0 Å². The van der Waals surface area contributed by atoms with Gasteiger partial charge in [0, 0.05) is 17.2 Å². The zero-order valence-electron chi connectivity index (χ0n) is 13.5. The summed E-state index contributed by atoms with van der Waals surface area (Å²) in [5.41, 5.74) is 10.1. The summed E-state index contributed by atoms with van der Waals surface area (Å²) in [4.78, 5) is 0. The van der Waals surface area contributed by atoms with Gasteiger partial charge in [0.15, 0.2) is 0 Å². The van der Waals surface area contributed by atoms with Crippen LogP contribution in [0.1, 0.15) is 63.8 Å². The second-order valence-electron chi connectivity index (χ2n) is 6.92. The number of ether oxygens (including phenoxy) is 1. The topological polar surface area (TPSA) is 35.2 Å². The Kier molecular flexibility index (Phi) is 5.03. The Labute approximate surface area is 118 Å². The number of hydrogen-bond acceptors (Lipinski definition) is 2. The Morgan fingerprint density at radius 3 is 2.21 bits per heavy atom. The molecule has 0 saturated carbocycles. The number of rotatable bonds is 4. The van der Waals surface area contributed by atoms with Crippen LogP contribution in [0.2, 0.25) is 0 Å². The molecule has 1 rings (SSSR count). The van der Waals surface area contributed by atoms with Gasteiger partial charge in [0.25, 0.3) is 0 Å². The van der Waals surface area contributed by atoms with Crippen LogP contribution in [-0.2, 0) is 5.41 Å². The van der Waals surface area contributed by atoms with Crippen molar-refractivity contribution in [2.75, 3.05) is 7.11 Å². The lowest BCUT2D eigenvalue weighted by Gasteiger charge is -2.27. The molecule has 0 aliphatic carbocycles. The van der Waals surface area contributed by atoms with Crippen molar-refractivity contribution in [1.29, 1.82) is 0 Å². The van der Waals surface area contributed by atoms with E-state index in [0.717, 1.165) is 17.7 Å². The van der Waals surface area contributed by atoms with Gasteiger partial charge in [-0.15, -0.1) is 0 Å². The first-order chi connectivity index (χ1) is 8.66. The Hall–Kier alpha value is -1.02. The fourth-order valence-corrected chi connectivity index (χ4v) is 2.50. The summed E-state index contributed by atoms with van der Waals surface area (Å²) in [5, 5.41) is 0. The molecule has 0 aromatic heterocycles. The van der Waals surface area contributed by atoms with Crippen molar-refractivity contribution in [3.05, 3.63) is 28.8 Å². The van der Waals surface area contributed by atoms with Crippen LogP contribution in [-0.4, -0.2) is 7.11 Å². The lowest BCUT2D eigenvalue weighted by atomic mass is 9.82. The fourth-order valence-electron chi connectivity index (χ4n) is 2.50. The van der Waals surface area contributed by atoms with Crippen LogP contribution in [0.5, 0.6) is 5.75 Å². The molecule has 108 valence electrons. The third kappa shape index (κ3) is 3.97. The standard InChI is InChI=1S/C17H29NO/c1-11(2)8-15(18)13-9-12(3)10-14(16(13)19-7)17(4,5)6/h9-11,15H,8,18H2,1-7H3. The van der Waals surface area contributed by atoms with Crippen molar-refractivity contribution in [2.45, 2.75) is 59.4 Å². The van der Waals surface area contributed by atoms with E-state index < -0.39 is 0 Å². The van der Waals surface area contributed by atoms with Gasteiger partial charge < -0.3 is 10.5 Å². The molecule has 1 aromatic carbocycles. The number of hydrogen-bond donors (Lipinski definition) is 1. The first-order valence-corrected chi connectivity index (χ1v) is 7.11. The largest absolute Gasteiger partial charge is 0.496 e. The van der Waals surface area contributed by atoms with Gasteiger partial charge >= 0.3 is 0 Å². The molecule has 1 unspecified atom stereocenters. The molecule has 0 spiro atoms. The maximum absolute atomic E-state index is 6.37. The smallest absolute Gasteiger partial charge is 0.127 e. The second-order valence-corrected chi connectivity index (χ2v) is 6.92. The van der Waals surface area contributed by atoms with E-state index in [1.54, 1.807) is 7.11 Å². The van der Waals surface area contributed by atoms with E-state index in [4.69, 9.17) is 10.5 Å². The van der Waals surface area contributed by atoms with E-state index >= 15 is 0 Å². The van der Waals surface area contributed by atoms with Crippen molar-refractivity contribution in [3.8, 4) is 5.75 Å². The summed E-state index contributed by atoms with van der Waals surface area (Å²) in [6, 6.07) is 4.42.